The molecule has 2 rings (SSSR count). The van der Waals surface area contributed by atoms with Crippen molar-refractivity contribution >= 4 is 17.5 Å². The predicted octanol–water partition coefficient (Wildman–Crippen LogP) is 2.19. The van der Waals surface area contributed by atoms with Crippen molar-refractivity contribution in [3.8, 4) is 5.88 Å². The van der Waals surface area contributed by atoms with Gasteiger partial charge in [-0.1, -0.05) is 23.8 Å². The zero-order valence-electron chi connectivity index (χ0n) is 12.0. The molecule has 1 heterocycles. The molecule has 0 aliphatic heterocycles. The fraction of sp³-hybridized carbons (Fsp3) is 0.467. The van der Waals surface area contributed by atoms with Crippen LogP contribution in [0.5, 0.6) is 5.88 Å². The van der Waals surface area contributed by atoms with Crippen molar-refractivity contribution in [1.29, 1.82) is 0 Å². The molecule has 1 aromatic rings. The number of aliphatic hydroxyl groups excluding tert-OH is 1. The smallest absolute Gasteiger partial charge is 0.253 e. The van der Waals surface area contributed by atoms with E-state index in [0.29, 0.717) is 22.9 Å². The molecule has 114 valence electrons. The van der Waals surface area contributed by atoms with E-state index in [4.69, 9.17) is 21.4 Å². The van der Waals surface area contributed by atoms with Gasteiger partial charge in [-0.2, -0.15) is 0 Å². The topological polar surface area (TPSA) is 71.5 Å². The second-order valence-electron chi connectivity index (χ2n) is 5.32. The van der Waals surface area contributed by atoms with Crippen LogP contribution in [-0.4, -0.2) is 34.8 Å². The van der Waals surface area contributed by atoms with E-state index in [1.807, 2.05) is 26.0 Å². The molecule has 2 N–H and O–H groups in total. The number of aromatic nitrogens is 1. The van der Waals surface area contributed by atoms with Gasteiger partial charge in [0.2, 0.25) is 5.88 Å². The number of pyridine rings is 1. The molecule has 0 bridgehead atoms. The number of nitrogens with zero attached hydrogens (tertiary/aromatic N) is 1. The Hall–Kier alpha value is -1.59. The van der Waals surface area contributed by atoms with Gasteiger partial charge in [0.05, 0.1) is 11.7 Å². The first kappa shape index (κ1) is 15.8. The number of hydrogen-bond acceptors (Lipinski definition) is 4. The monoisotopic (exact) mass is 310 g/mol. The summed E-state index contributed by atoms with van der Waals surface area (Å²) in [5.41, 5.74) is 0.386. The molecule has 0 saturated carbocycles. The average Bonchev–Trinajstić information content (AvgIpc) is 2.88. The number of amides is 1. The molecular weight excluding hydrogens is 292 g/mol. The summed E-state index contributed by atoms with van der Waals surface area (Å²) in [6.45, 7) is 3.85. The van der Waals surface area contributed by atoms with E-state index in [1.54, 1.807) is 6.07 Å². The molecule has 0 saturated heterocycles. The van der Waals surface area contributed by atoms with Gasteiger partial charge in [0.15, 0.2) is 0 Å². The van der Waals surface area contributed by atoms with Gasteiger partial charge in [-0.05, 0) is 26.3 Å². The average molecular weight is 311 g/mol. The summed E-state index contributed by atoms with van der Waals surface area (Å²) >= 11 is 6.07. The van der Waals surface area contributed by atoms with Gasteiger partial charge in [-0.15, -0.1) is 0 Å². The number of ether oxygens (including phenoxy) is 1. The van der Waals surface area contributed by atoms with E-state index in [9.17, 15) is 4.79 Å². The molecule has 0 unspecified atom stereocenters. The van der Waals surface area contributed by atoms with Crippen molar-refractivity contribution in [3.63, 3.8) is 0 Å². The lowest BCUT2D eigenvalue weighted by molar-refractivity contribution is 0.0940. The quantitative estimate of drug-likeness (QED) is 0.818. The molecule has 2 atom stereocenters. The third kappa shape index (κ3) is 4.19. The molecule has 0 aromatic carbocycles. The first-order chi connectivity index (χ1) is 9.99. The Morgan fingerprint density at radius 1 is 1.57 bits per heavy atom. The summed E-state index contributed by atoms with van der Waals surface area (Å²) in [4.78, 5) is 16.2. The van der Waals surface area contributed by atoms with Crippen LogP contribution in [-0.2, 0) is 0 Å². The summed E-state index contributed by atoms with van der Waals surface area (Å²) in [5.74, 6) is 0.192. The van der Waals surface area contributed by atoms with Crippen LogP contribution >= 0.6 is 11.6 Å². The van der Waals surface area contributed by atoms with Crippen molar-refractivity contribution in [2.75, 3.05) is 6.61 Å². The minimum absolute atomic E-state index is 0.0336. The van der Waals surface area contributed by atoms with Gasteiger partial charge in [0.1, 0.15) is 5.02 Å². The molecular formula is C15H19ClN2O3. The third-order valence-electron chi connectivity index (χ3n) is 3.14. The fourth-order valence-electron chi connectivity index (χ4n) is 2.13. The Labute approximate surface area is 129 Å². The zero-order valence-corrected chi connectivity index (χ0v) is 12.8. The number of hydrogen-bond donors (Lipinski definition) is 2. The molecule has 1 aliphatic rings. The van der Waals surface area contributed by atoms with E-state index < -0.39 is 0 Å². The normalized spacial score (nSPS) is 20.8. The van der Waals surface area contributed by atoms with Gasteiger partial charge >= 0.3 is 0 Å². The first-order valence-corrected chi connectivity index (χ1v) is 7.29. The highest BCUT2D eigenvalue weighted by atomic mass is 35.5. The number of carbonyl (C=O) groups excluding carboxylic acids is 1. The molecule has 1 amide bonds. The van der Waals surface area contributed by atoms with Crippen LogP contribution in [0.4, 0.5) is 0 Å². The standard InChI is InChI=1S/C15H19ClN2O3/c1-9(2)21-15-13(16)6-11(7-17-15)14(20)18-12-4-3-10(5-12)8-19/h3-4,6-7,9-10,12,19H,5,8H2,1-2H3,(H,18,20)/t10-,12+/m0/s1. The van der Waals surface area contributed by atoms with Gasteiger partial charge in [0, 0.05) is 24.8 Å². The number of halogens is 1. The molecule has 0 radical (unpaired) electrons. The summed E-state index contributed by atoms with van der Waals surface area (Å²) < 4.78 is 5.43. The zero-order chi connectivity index (χ0) is 15.4. The lowest BCUT2D eigenvalue weighted by Crippen LogP contribution is -2.33. The number of carbonyl (C=O) groups is 1. The second kappa shape index (κ2) is 6.91. The molecule has 0 fully saturated rings. The summed E-state index contributed by atoms with van der Waals surface area (Å²) in [6, 6.07) is 1.48. The molecule has 5 nitrogen and oxygen atoms in total. The van der Waals surface area contributed by atoms with Crippen LogP contribution in [0.3, 0.4) is 0 Å². The predicted molar refractivity (Wildman–Crippen MR) is 80.6 cm³/mol. The second-order valence-corrected chi connectivity index (χ2v) is 5.73. The van der Waals surface area contributed by atoms with E-state index in [1.165, 1.54) is 6.20 Å². The lowest BCUT2D eigenvalue weighted by atomic mass is 10.1. The summed E-state index contributed by atoms with van der Waals surface area (Å²) in [6.07, 6.45) is 5.92. The van der Waals surface area contributed by atoms with Crippen molar-refractivity contribution in [3.05, 3.63) is 35.0 Å². The highest BCUT2D eigenvalue weighted by molar-refractivity contribution is 6.32. The van der Waals surface area contributed by atoms with Crippen LogP contribution in [0, 0.1) is 5.92 Å². The van der Waals surface area contributed by atoms with Gasteiger partial charge in [-0.25, -0.2) is 4.98 Å². The number of aliphatic hydroxyl groups is 1. The maximum Gasteiger partial charge on any atom is 0.253 e. The maximum atomic E-state index is 12.1. The van der Waals surface area contributed by atoms with Crippen molar-refractivity contribution < 1.29 is 14.6 Å². The van der Waals surface area contributed by atoms with Crippen LogP contribution in [0.15, 0.2) is 24.4 Å². The Bertz CT molecular complexity index is 546. The van der Waals surface area contributed by atoms with Crippen LogP contribution in [0.1, 0.15) is 30.6 Å². The summed E-state index contributed by atoms with van der Waals surface area (Å²) in [7, 11) is 0. The largest absolute Gasteiger partial charge is 0.474 e. The number of nitrogens with one attached hydrogen (secondary N) is 1. The van der Waals surface area contributed by atoms with Gasteiger partial charge < -0.3 is 15.2 Å². The van der Waals surface area contributed by atoms with E-state index in [2.05, 4.69) is 10.3 Å². The molecule has 21 heavy (non-hydrogen) atoms. The van der Waals surface area contributed by atoms with Gasteiger partial charge in [0.25, 0.3) is 5.91 Å². The molecule has 6 heteroatoms. The highest BCUT2D eigenvalue weighted by Crippen LogP contribution is 2.24. The Balaban J connectivity index is 2.00. The fourth-order valence-corrected chi connectivity index (χ4v) is 2.34. The van der Waals surface area contributed by atoms with Crippen molar-refractivity contribution in [2.24, 2.45) is 5.92 Å². The molecule has 1 aliphatic carbocycles. The third-order valence-corrected chi connectivity index (χ3v) is 3.41. The highest BCUT2D eigenvalue weighted by Gasteiger charge is 2.21. The summed E-state index contributed by atoms with van der Waals surface area (Å²) in [5, 5.41) is 12.3. The number of rotatable bonds is 5. The lowest BCUT2D eigenvalue weighted by Gasteiger charge is -2.14. The molecule has 1 aromatic heterocycles. The minimum Gasteiger partial charge on any atom is -0.474 e. The van der Waals surface area contributed by atoms with Crippen LogP contribution < -0.4 is 10.1 Å². The van der Waals surface area contributed by atoms with Gasteiger partial charge in [-0.3, -0.25) is 4.79 Å². The van der Waals surface area contributed by atoms with E-state index >= 15 is 0 Å². The minimum atomic E-state index is -0.242. The molecule has 0 spiro atoms. The van der Waals surface area contributed by atoms with Crippen LogP contribution in [0.2, 0.25) is 5.02 Å². The van der Waals surface area contributed by atoms with Crippen molar-refractivity contribution in [2.45, 2.75) is 32.4 Å². The SMILES string of the molecule is CC(C)Oc1ncc(C(=O)N[C@@H]2C=C[C@H](CO)C2)cc1Cl. The van der Waals surface area contributed by atoms with E-state index in [-0.39, 0.29) is 30.6 Å². The van der Waals surface area contributed by atoms with Crippen molar-refractivity contribution in [1.82, 2.24) is 10.3 Å². The Morgan fingerprint density at radius 3 is 2.90 bits per heavy atom. The Morgan fingerprint density at radius 2 is 2.33 bits per heavy atom. The first-order valence-electron chi connectivity index (χ1n) is 6.92. The Kier molecular flexibility index (Phi) is 5.20. The van der Waals surface area contributed by atoms with Crippen LogP contribution in [0.25, 0.3) is 0 Å². The maximum absolute atomic E-state index is 12.1. The van der Waals surface area contributed by atoms with E-state index in [0.717, 1.165) is 0 Å².